The third kappa shape index (κ3) is 3.81. The number of ether oxygens (including phenoxy) is 1. The molecule has 6 heteroatoms. The fourth-order valence-corrected chi connectivity index (χ4v) is 4.46. The van der Waals surface area contributed by atoms with Crippen LogP contribution in [0.15, 0.2) is 57.4 Å². The van der Waals surface area contributed by atoms with Crippen molar-refractivity contribution in [1.29, 1.82) is 0 Å². The van der Waals surface area contributed by atoms with Gasteiger partial charge >= 0.3 is 0 Å². The number of carbonyl (C=O) groups is 2. The molecule has 1 aromatic heterocycles. The number of rotatable bonds is 5. The predicted molar refractivity (Wildman–Crippen MR) is 114 cm³/mol. The summed E-state index contributed by atoms with van der Waals surface area (Å²) in [6, 6.07) is 14.7. The first-order valence-electron chi connectivity index (χ1n) is 9.70. The van der Waals surface area contributed by atoms with E-state index in [2.05, 4.69) is 15.9 Å². The normalized spacial score (nSPS) is 17.9. The Balaban J connectivity index is 1.70. The molecule has 2 heterocycles. The molecule has 29 heavy (non-hydrogen) atoms. The van der Waals surface area contributed by atoms with Crippen LogP contribution in [-0.2, 0) is 4.79 Å². The van der Waals surface area contributed by atoms with E-state index in [1.165, 1.54) is 0 Å². The summed E-state index contributed by atoms with van der Waals surface area (Å²) < 4.78 is 12.2. The van der Waals surface area contributed by atoms with Crippen molar-refractivity contribution in [3.8, 4) is 5.75 Å². The fourth-order valence-electron chi connectivity index (χ4n) is 4.10. The molecule has 150 valence electrons. The summed E-state index contributed by atoms with van der Waals surface area (Å²) in [5.74, 6) is 0.488. The van der Waals surface area contributed by atoms with Gasteiger partial charge < -0.3 is 18.8 Å². The second kappa shape index (κ2) is 8.41. The van der Waals surface area contributed by atoms with E-state index in [0.717, 1.165) is 41.0 Å². The number of likely N-dealkylation sites (tertiary alicyclic amines) is 1. The number of amides is 1. The van der Waals surface area contributed by atoms with Crippen molar-refractivity contribution in [2.75, 3.05) is 13.7 Å². The predicted octanol–water partition coefficient (Wildman–Crippen LogP) is 5.18. The zero-order chi connectivity index (χ0) is 20.4. The molecule has 4 rings (SSSR count). The van der Waals surface area contributed by atoms with Gasteiger partial charge in [0, 0.05) is 22.4 Å². The van der Waals surface area contributed by atoms with Gasteiger partial charge in [-0.15, -0.1) is 0 Å². The van der Waals surface area contributed by atoms with Crippen LogP contribution in [0.5, 0.6) is 5.75 Å². The first kappa shape index (κ1) is 19.7. The Kier molecular flexibility index (Phi) is 5.72. The van der Waals surface area contributed by atoms with E-state index in [-0.39, 0.29) is 11.9 Å². The molecule has 5 nitrogen and oxygen atoms in total. The van der Waals surface area contributed by atoms with Gasteiger partial charge in [-0.3, -0.25) is 4.79 Å². The molecule has 0 N–H and O–H groups in total. The molecule has 1 fully saturated rings. The Morgan fingerprint density at radius 2 is 2.07 bits per heavy atom. The number of hydrogen-bond donors (Lipinski definition) is 0. The first-order chi connectivity index (χ1) is 14.1. The molecule has 0 radical (unpaired) electrons. The average molecular weight is 456 g/mol. The molecular weight excluding hydrogens is 434 g/mol. The maximum Gasteiger partial charge on any atom is 0.257 e. The molecular formula is C23H22BrNO4. The lowest BCUT2D eigenvalue weighted by molar-refractivity contribution is -0.110. The van der Waals surface area contributed by atoms with Crippen molar-refractivity contribution >= 4 is 39.1 Å². The van der Waals surface area contributed by atoms with Gasteiger partial charge in [0.1, 0.15) is 23.4 Å². The Labute approximate surface area is 177 Å². The number of methoxy groups -OCH3 is 1. The van der Waals surface area contributed by atoms with E-state index < -0.39 is 5.92 Å². The van der Waals surface area contributed by atoms with Crippen molar-refractivity contribution in [3.63, 3.8) is 0 Å². The molecule has 0 saturated carbocycles. The van der Waals surface area contributed by atoms with Crippen molar-refractivity contribution < 1.29 is 18.7 Å². The van der Waals surface area contributed by atoms with Gasteiger partial charge in [-0.2, -0.15) is 0 Å². The van der Waals surface area contributed by atoms with E-state index in [4.69, 9.17) is 9.15 Å². The van der Waals surface area contributed by atoms with E-state index >= 15 is 0 Å². The van der Waals surface area contributed by atoms with Crippen molar-refractivity contribution in [2.24, 2.45) is 0 Å². The summed E-state index contributed by atoms with van der Waals surface area (Å²) in [7, 11) is 1.55. The molecule has 2 unspecified atom stereocenters. The van der Waals surface area contributed by atoms with Crippen LogP contribution in [0.1, 0.15) is 41.3 Å². The van der Waals surface area contributed by atoms with Crippen LogP contribution < -0.4 is 4.74 Å². The Bertz CT molecular complexity index is 1010. The van der Waals surface area contributed by atoms with E-state index in [1.807, 2.05) is 36.4 Å². The highest BCUT2D eigenvalue weighted by Crippen LogP contribution is 2.34. The largest absolute Gasteiger partial charge is 0.496 e. The fraction of sp³-hybridized carbons (Fsp3) is 0.304. The highest BCUT2D eigenvalue weighted by Gasteiger charge is 2.36. The zero-order valence-corrected chi connectivity index (χ0v) is 17.7. The summed E-state index contributed by atoms with van der Waals surface area (Å²) in [5, 5.41) is 0.955. The van der Waals surface area contributed by atoms with Crippen LogP contribution in [0, 0.1) is 0 Å². The van der Waals surface area contributed by atoms with Gasteiger partial charge in [-0.05, 0) is 49.6 Å². The molecule has 3 aromatic rings. The number of hydrogen-bond acceptors (Lipinski definition) is 4. The van der Waals surface area contributed by atoms with Gasteiger partial charge in [-0.25, -0.2) is 0 Å². The molecule has 0 aliphatic carbocycles. The number of piperidine rings is 1. The number of benzene rings is 2. The van der Waals surface area contributed by atoms with E-state index in [9.17, 15) is 9.59 Å². The van der Waals surface area contributed by atoms with Gasteiger partial charge in [0.05, 0.1) is 18.6 Å². The number of furan rings is 1. The van der Waals surface area contributed by atoms with Gasteiger partial charge in [0.25, 0.3) is 5.91 Å². The summed E-state index contributed by atoms with van der Waals surface area (Å²) in [4.78, 5) is 27.4. The Morgan fingerprint density at radius 3 is 2.83 bits per heavy atom. The summed E-state index contributed by atoms with van der Waals surface area (Å²) in [6.45, 7) is 0.601. The summed E-state index contributed by atoms with van der Waals surface area (Å²) in [6.07, 6.45) is 3.54. The minimum absolute atomic E-state index is 0.129. The molecule has 2 aromatic carbocycles. The lowest BCUT2D eigenvalue weighted by Gasteiger charge is -2.38. The van der Waals surface area contributed by atoms with Gasteiger partial charge in [0.2, 0.25) is 0 Å². The standard InChI is InChI=1S/C23H22BrNO4/c1-28-21-10-9-16(24)13-17(21)23(27)25-11-5-4-7-19(25)18(14-26)22-12-15-6-2-3-8-20(15)29-22/h2-3,6,8-10,12-14,18-19H,4-5,7,11H2,1H3. The van der Waals surface area contributed by atoms with Crippen molar-refractivity contribution in [3.05, 3.63) is 64.3 Å². The minimum atomic E-state index is -0.509. The second-order valence-electron chi connectivity index (χ2n) is 7.25. The molecule has 0 spiro atoms. The number of carbonyl (C=O) groups excluding carboxylic acids is 2. The van der Waals surface area contributed by atoms with Crippen LogP contribution >= 0.6 is 15.9 Å². The van der Waals surface area contributed by atoms with Crippen LogP contribution in [-0.4, -0.2) is 36.8 Å². The Morgan fingerprint density at radius 1 is 1.24 bits per heavy atom. The number of nitrogens with zero attached hydrogens (tertiary/aromatic N) is 1. The van der Waals surface area contributed by atoms with Crippen LogP contribution in [0.2, 0.25) is 0 Å². The third-order valence-corrected chi connectivity index (χ3v) is 6.03. The number of halogens is 1. The zero-order valence-electron chi connectivity index (χ0n) is 16.1. The highest BCUT2D eigenvalue weighted by molar-refractivity contribution is 9.10. The highest BCUT2D eigenvalue weighted by atomic mass is 79.9. The smallest absolute Gasteiger partial charge is 0.257 e. The van der Waals surface area contributed by atoms with Crippen molar-refractivity contribution in [1.82, 2.24) is 4.90 Å². The maximum absolute atomic E-state index is 13.4. The van der Waals surface area contributed by atoms with E-state index in [1.54, 1.807) is 24.1 Å². The number of fused-ring (bicyclic) bond motifs is 1. The van der Waals surface area contributed by atoms with Crippen LogP contribution in [0.4, 0.5) is 0 Å². The molecule has 1 aliphatic heterocycles. The minimum Gasteiger partial charge on any atom is -0.496 e. The molecule has 2 atom stereocenters. The molecule has 1 saturated heterocycles. The maximum atomic E-state index is 13.4. The van der Waals surface area contributed by atoms with Crippen LogP contribution in [0.25, 0.3) is 11.0 Å². The first-order valence-corrected chi connectivity index (χ1v) is 10.5. The van der Waals surface area contributed by atoms with Gasteiger partial charge in [-0.1, -0.05) is 34.1 Å². The summed E-state index contributed by atoms with van der Waals surface area (Å²) in [5.41, 5.74) is 1.24. The average Bonchev–Trinajstić information content (AvgIpc) is 3.18. The monoisotopic (exact) mass is 455 g/mol. The number of para-hydroxylation sites is 1. The van der Waals surface area contributed by atoms with Gasteiger partial charge in [0.15, 0.2) is 0 Å². The topological polar surface area (TPSA) is 59.8 Å². The lowest BCUT2D eigenvalue weighted by atomic mass is 9.88. The van der Waals surface area contributed by atoms with E-state index in [0.29, 0.717) is 23.6 Å². The molecule has 0 bridgehead atoms. The van der Waals surface area contributed by atoms with Crippen molar-refractivity contribution in [2.45, 2.75) is 31.2 Å². The lowest BCUT2D eigenvalue weighted by Crippen LogP contribution is -2.47. The Hall–Kier alpha value is -2.60. The molecule has 1 amide bonds. The summed E-state index contributed by atoms with van der Waals surface area (Å²) >= 11 is 3.43. The van der Waals surface area contributed by atoms with Crippen LogP contribution in [0.3, 0.4) is 0 Å². The molecule has 1 aliphatic rings. The second-order valence-corrected chi connectivity index (χ2v) is 8.17. The number of aldehydes is 1. The third-order valence-electron chi connectivity index (χ3n) is 5.54. The quantitative estimate of drug-likeness (QED) is 0.497. The SMILES string of the molecule is COc1ccc(Br)cc1C(=O)N1CCCCC1C(C=O)c1cc2ccccc2o1.